The van der Waals surface area contributed by atoms with Crippen LogP contribution in [-0.2, 0) is 28.6 Å². The fourth-order valence-corrected chi connectivity index (χ4v) is 7.27. The van der Waals surface area contributed by atoms with Crippen LogP contribution in [0.3, 0.4) is 0 Å². The molecular weight excluding hydrogens is 769 g/mol. The Morgan fingerprint density at radius 2 is 0.581 bits per heavy atom. The Hall–Kier alpha value is -2.89. The second kappa shape index (κ2) is 50.8. The Kier molecular flexibility index (Phi) is 48.4. The lowest BCUT2D eigenvalue weighted by Gasteiger charge is -2.18. The zero-order valence-corrected chi connectivity index (χ0v) is 40.9. The maximum Gasteiger partial charge on any atom is 0.306 e. The van der Waals surface area contributed by atoms with E-state index in [0.717, 1.165) is 32.1 Å². The van der Waals surface area contributed by atoms with Gasteiger partial charge in [-0.3, -0.25) is 14.4 Å². The first-order valence-electron chi connectivity index (χ1n) is 26.3. The highest BCUT2D eigenvalue weighted by Gasteiger charge is 2.19. The van der Waals surface area contributed by atoms with Gasteiger partial charge in [-0.05, 0) is 70.6 Å². The maximum absolute atomic E-state index is 12.7. The summed E-state index contributed by atoms with van der Waals surface area (Å²) in [6.45, 7) is 6.51. The minimum absolute atomic E-state index is 0.134. The molecular formula is C56H98O6. The standard InChI is InChI=1S/C56H98O6/c1-4-7-10-13-16-19-22-25-28-31-34-37-40-43-46-49-55(58)61-52-53(51-60-54(57)48-45-42-39-36-33-30-27-24-21-18-15-12-9-6-3)62-56(59)50-47-44-41-38-35-32-29-26-23-20-17-14-11-8-5-2/h31-32,34-35,39-44,53H,4-30,33,36-38,45-52H2,1-3H3. The van der Waals surface area contributed by atoms with Gasteiger partial charge in [-0.25, -0.2) is 0 Å². The smallest absolute Gasteiger partial charge is 0.306 e. The summed E-state index contributed by atoms with van der Waals surface area (Å²) in [4.78, 5) is 37.9. The first-order valence-corrected chi connectivity index (χ1v) is 26.3. The van der Waals surface area contributed by atoms with Crippen molar-refractivity contribution >= 4 is 17.9 Å². The third kappa shape index (κ3) is 48.1. The van der Waals surface area contributed by atoms with E-state index in [-0.39, 0.29) is 44.4 Å². The molecule has 0 N–H and O–H groups in total. The number of allylic oxidation sites excluding steroid dienone is 10. The molecule has 0 aliphatic carbocycles. The average molecular weight is 867 g/mol. The van der Waals surface area contributed by atoms with Gasteiger partial charge in [0.05, 0.1) is 0 Å². The number of carbonyl (C=O) groups excluding carboxylic acids is 3. The molecule has 0 aromatic carbocycles. The summed E-state index contributed by atoms with van der Waals surface area (Å²) in [6.07, 6.45) is 62.4. The van der Waals surface area contributed by atoms with Crippen LogP contribution in [0.2, 0.25) is 0 Å². The Labute approximate surface area is 383 Å². The highest BCUT2D eigenvalue weighted by atomic mass is 16.6. The van der Waals surface area contributed by atoms with Crippen LogP contribution in [0.5, 0.6) is 0 Å². The molecule has 0 radical (unpaired) electrons. The molecule has 1 unspecified atom stereocenters. The SMILES string of the molecule is CCCCCCCCCCC=CCC=CCCC(=O)OCC(COC(=O)CCC=CCCCCCCCCCCCC)OC(=O)CCC=CCC=CCCCCCCCCCC. The largest absolute Gasteiger partial charge is 0.462 e. The normalized spacial score (nSPS) is 12.5. The number of rotatable bonds is 47. The van der Waals surface area contributed by atoms with E-state index >= 15 is 0 Å². The fraction of sp³-hybridized carbons (Fsp3) is 0.768. The molecule has 0 bridgehead atoms. The Morgan fingerprint density at radius 1 is 0.323 bits per heavy atom. The summed E-state index contributed by atoms with van der Waals surface area (Å²) in [5.41, 5.74) is 0. The number of ether oxygens (including phenoxy) is 3. The molecule has 0 aliphatic heterocycles. The van der Waals surface area contributed by atoms with Gasteiger partial charge in [-0.1, -0.05) is 229 Å². The third-order valence-electron chi connectivity index (χ3n) is 11.3. The van der Waals surface area contributed by atoms with E-state index in [1.807, 2.05) is 12.2 Å². The molecule has 62 heavy (non-hydrogen) atoms. The third-order valence-corrected chi connectivity index (χ3v) is 11.3. The first-order chi connectivity index (χ1) is 30.5. The van der Waals surface area contributed by atoms with Crippen molar-refractivity contribution in [2.45, 2.75) is 264 Å². The summed E-state index contributed by atoms with van der Waals surface area (Å²) in [5, 5.41) is 0. The number of unbranched alkanes of at least 4 members (excludes halogenated alkanes) is 26. The summed E-state index contributed by atoms with van der Waals surface area (Å²) in [5.74, 6) is -1.11. The second-order valence-electron chi connectivity index (χ2n) is 17.4. The average Bonchev–Trinajstić information content (AvgIpc) is 3.27. The van der Waals surface area contributed by atoms with Gasteiger partial charge in [0.2, 0.25) is 0 Å². The first kappa shape index (κ1) is 59.1. The van der Waals surface area contributed by atoms with Crippen molar-refractivity contribution in [1.29, 1.82) is 0 Å². The molecule has 0 saturated carbocycles. The molecule has 0 aliphatic rings. The number of hydrogen-bond acceptors (Lipinski definition) is 6. The van der Waals surface area contributed by atoms with Crippen LogP contribution in [0.25, 0.3) is 0 Å². The lowest BCUT2D eigenvalue weighted by Crippen LogP contribution is -2.30. The van der Waals surface area contributed by atoms with Gasteiger partial charge in [0.15, 0.2) is 6.10 Å². The van der Waals surface area contributed by atoms with Crippen molar-refractivity contribution in [3.8, 4) is 0 Å². The summed E-state index contributed by atoms with van der Waals surface area (Å²) in [6, 6.07) is 0. The molecule has 0 heterocycles. The van der Waals surface area contributed by atoms with Crippen molar-refractivity contribution in [1.82, 2.24) is 0 Å². The predicted octanol–water partition coefficient (Wildman–Crippen LogP) is 17.3. The van der Waals surface area contributed by atoms with Gasteiger partial charge in [0.1, 0.15) is 13.2 Å². The maximum atomic E-state index is 12.7. The summed E-state index contributed by atoms with van der Waals surface area (Å²) < 4.78 is 16.6. The van der Waals surface area contributed by atoms with Gasteiger partial charge in [-0.15, -0.1) is 0 Å². The molecule has 0 aromatic rings. The lowest BCUT2D eigenvalue weighted by atomic mass is 10.1. The van der Waals surface area contributed by atoms with E-state index in [1.165, 1.54) is 167 Å². The zero-order valence-electron chi connectivity index (χ0n) is 40.9. The van der Waals surface area contributed by atoms with Crippen molar-refractivity contribution < 1.29 is 28.6 Å². The van der Waals surface area contributed by atoms with Crippen molar-refractivity contribution in [2.75, 3.05) is 13.2 Å². The quantitative estimate of drug-likeness (QED) is 0.0262. The molecule has 0 rings (SSSR count). The molecule has 0 fully saturated rings. The summed E-state index contributed by atoms with van der Waals surface area (Å²) >= 11 is 0. The van der Waals surface area contributed by atoms with Crippen LogP contribution in [0, 0.1) is 0 Å². The Bertz CT molecular complexity index is 1130. The van der Waals surface area contributed by atoms with E-state index in [1.54, 1.807) is 0 Å². The van der Waals surface area contributed by atoms with Gasteiger partial charge in [-0.2, -0.15) is 0 Å². The Morgan fingerprint density at radius 3 is 0.919 bits per heavy atom. The van der Waals surface area contributed by atoms with Crippen molar-refractivity contribution in [3.63, 3.8) is 0 Å². The molecule has 0 saturated heterocycles. The topological polar surface area (TPSA) is 78.9 Å². The van der Waals surface area contributed by atoms with E-state index in [2.05, 4.69) is 69.4 Å². The second-order valence-corrected chi connectivity index (χ2v) is 17.4. The predicted molar refractivity (Wildman–Crippen MR) is 265 cm³/mol. The van der Waals surface area contributed by atoms with Crippen LogP contribution < -0.4 is 0 Å². The highest BCUT2D eigenvalue weighted by molar-refractivity contribution is 5.71. The van der Waals surface area contributed by atoms with Crippen LogP contribution >= 0.6 is 0 Å². The van der Waals surface area contributed by atoms with E-state index in [4.69, 9.17) is 14.2 Å². The number of hydrogen-bond donors (Lipinski definition) is 0. The van der Waals surface area contributed by atoms with E-state index in [0.29, 0.717) is 19.3 Å². The minimum atomic E-state index is -0.840. The monoisotopic (exact) mass is 867 g/mol. The van der Waals surface area contributed by atoms with Crippen molar-refractivity contribution in [3.05, 3.63) is 60.8 Å². The van der Waals surface area contributed by atoms with Crippen LogP contribution in [0.15, 0.2) is 60.8 Å². The molecule has 0 aromatic heterocycles. The number of carbonyl (C=O) groups is 3. The van der Waals surface area contributed by atoms with Crippen LogP contribution in [-0.4, -0.2) is 37.2 Å². The van der Waals surface area contributed by atoms with Gasteiger partial charge < -0.3 is 14.2 Å². The minimum Gasteiger partial charge on any atom is -0.462 e. The highest BCUT2D eigenvalue weighted by Crippen LogP contribution is 2.14. The van der Waals surface area contributed by atoms with Crippen LogP contribution in [0.1, 0.15) is 258 Å². The molecule has 1 atom stereocenters. The molecule has 358 valence electrons. The molecule has 0 amide bonds. The van der Waals surface area contributed by atoms with Gasteiger partial charge >= 0.3 is 17.9 Å². The van der Waals surface area contributed by atoms with E-state index < -0.39 is 12.1 Å². The zero-order chi connectivity index (χ0) is 45.1. The fourth-order valence-electron chi connectivity index (χ4n) is 7.27. The lowest BCUT2D eigenvalue weighted by molar-refractivity contribution is -0.166. The van der Waals surface area contributed by atoms with Crippen LogP contribution in [0.4, 0.5) is 0 Å². The molecule has 6 nitrogen and oxygen atoms in total. The Balaban J connectivity index is 4.54. The molecule has 0 spiro atoms. The summed E-state index contributed by atoms with van der Waals surface area (Å²) in [7, 11) is 0. The van der Waals surface area contributed by atoms with E-state index in [9.17, 15) is 14.4 Å². The van der Waals surface area contributed by atoms with Crippen molar-refractivity contribution in [2.24, 2.45) is 0 Å². The number of esters is 3. The van der Waals surface area contributed by atoms with Gasteiger partial charge in [0.25, 0.3) is 0 Å². The molecule has 6 heteroatoms. The van der Waals surface area contributed by atoms with Gasteiger partial charge in [0, 0.05) is 19.3 Å².